The monoisotopic (exact) mass is 348 g/mol. The van der Waals surface area contributed by atoms with Gasteiger partial charge >= 0.3 is 0 Å². The highest BCUT2D eigenvalue weighted by atomic mass is 79.9. The van der Waals surface area contributed by atoms with Gasteiger partial charge in [-0.25, -0.2) is 0 Å². The number of halogens is 2. The highest BCUT2D eigenvalue weighted by Crippen LogP contribution is 2.28. The number of benzene rings is 1. The van der Waals surface area contributed by atoms with Crippen LogP contribution in [0.1, 0.15) is 32.3 Å². The number of nitrogens with one attached hydrogen (secondary N) is 1. The number of aryl methyl sites for hydroxylation is 1. The van der Waals surface area contributed by atoms with E-state index in [9.17, 15) is 4.79 Å². The number of hydrogen-bond acceptors (Lipinski definition) is 2. The molecule has 1 rings (SSSR count). The topological polar surface area (TPSA) is 55.1 Å². The van der Waals surface area contributed by atoms with Crippen LogP contribution >= 0.6 is 28.3 Å². The van der Waals surface area contributed by atoms with Crippen LogP contribution in [0.25, 0.3) is 0 Å². The molecule has 1 aromatic rings. The molecule has 0 heterocycles. The highest BCUT2D eigenvalue weighted by molar-refractivity contribution is 9.10. The summed E-state index contributed by atoms with van der Waals surface area (Å²) in [6, 6.07) is 5.81. The van der Waals surface area contributed by atoms with Crippen molar-refractivity contribution in [3.8, 4) is 0 Å². The van der Waals surface area contributed by atoms with Crippen LogP contribution in [-0.4, -0.2) is 12.5 Å². The Bertz CT molecular complexity index is 425. The maximum Gasteiger partial charge on any atom is 0.231 e. The molecule has 1 amide bonds. The number of carbonyl (C=O) groups excluding carboxylic acids is 1. The molecule has 3 N–H and O–H groups in total. The van der Waals surface area contributed by atoms with Crippen LogP contribution < -0.4 is 11.1 Å². The van der Waals surface area contributed by atoms with Gasteiger partial charge in [-0.15, -0.1) is 12.4 Å². The summed E-state index contributed by atoms with van der Waals surface area (Å²) < 4.78 is 1.01. The van der Waals surface area contributed by atoms with Crippen molar-refractivity contribution >= 4 is 39.9 Å². The summed E-state index contributed by atoms with van der Waals surface area (Å²) in [4.78, 5) is 12.4. The van der Waals surface area contributed by atoms with Crippen LogP contribution in [-0.2, 0) is 4.79 Å². The van der Waals surface area contributed by atoms with Gasteiger partial charge in [0.05, 0.1) is 5.41 Å². The average Bonchev–Trinajstić information content (AvgIpc) is 2.36. The number of anilines is 1. The first-order valence-corrected chi connectivity index (χ1v) is 7.06. The second-order valence-electron chi connectivity index (χ2n) is 4.60. The van der Waals surface area contributed by atoms with Crippen molar-refractivity contribution in [3.63, 3.8) is 0 Å². The first-order valence-electron chi connectivity index (χ1n) is 6.26. The molecule has 0 aliphatic carbocycles. The van der Waals surface area contributed by atoms with Crippen molar-refractivity contribution in [2.75, 3.05) is 11.9 Å². The van der Waals surface area contributed by atoms with E-state index in [0.717, 1.165) is 28.6 Å². The van der Waals surface area contributed by atoms with Gasteiger partial charge in [0.1, 0.15) is 0 Å². The Morgan fingerprint density at radius 2 is 1.95 bits per heavy atom. The molecule has 0 bridgehead atoms. The fourth-order valence-corrected chi connectivity index (χ4v) is 2.45. The molecule has 5 heteroatoms. The Morgan fingerprint density at radius 1 is 1.37 bits per heavy atom. The molecular formula is C14H22BrClN2O. The minimum absolute atomic E-state index is 0. The van der Waals surface area contributed by atoms with Crippen LogP contribution in [0.5, 0.6) is 0 Å². The fraction of sp³-hybridized carbons (Fsp3) is 0.500. The Labute approximate surface area is 129 Å². The summed E-state index contributed by atoms with van der Waals surface area (Å²) in [5.74, 6) is 0.0143. The molecular weight excluding hydrogens is 328 g/mol. The largest absolute Gasteiger partial charge is 0.329 e. The van der Waals surface area contributed by atoms with Crippen LogP contribution in [0.2, 0.25) is 0 Å². The normalized spacial score (nSPS) is 10.8. The van der Waals surface area contributed by atoms with Gasteiger partial charge in [0.15, 0.2) is 0 Å². The molecule has 0 aliphatic heterocycles. The molecule has 0 unspecified atom stereocenters. The lowest BCUT2D eigenvalue weighted by molar-refractivity contribution is -0.125. The third-order valence-electron chi connectivity index (χ3n) is 3.66. The smallest absolute Gasteiger partial charge is 0.231 e. The zero-order valence-corrected chi connectivity index (χ0v) is 14.0. The molecule has 1 aromatic carbocycles. The van der Waals surface area contributed by atoms with Gasteiger partial charge in [0, 0.05) is 16.7 Å². The molecule has 3 nitrogen and oxygen atoms in total. The van der Waals surface area contributed by atoms with Gasteiger partial charge in [0.25, 0.3) is 0 Å². The van der Waals surface area contributed by atoms with Gasteiger partial charge in [-0.2, -0.15) is 0 Å². The van der Waals surface area contributed by atoms with Crippen molar-refractivity contribution in [3.05, 3.63) is 28.2 Å². The molecule has 0 saturated heterocycles. The summed E-state index contributed by atoms with van der Waals surface area (Å²) >= 11 is 3.41. The summed E-state index contributed by atoms with van der Waals surface area (Å²) in [5, 5.41) is 2.99. The standard InChI is InChI=1S/C14H21BrN2O.ClH/c1-4-14(5-2,9-16)13(18)17-12-7-6-11(15)8-10(12)3;/h6-8H,4-5,9,16H2,1-3H3,(H,17,18);1H. The molecule has 0 spiro atoms. The van der Waals surface area contributed by atoms with Gasteiger partial charge < -0.3 is 11.1 Å². The van der Waals surface area contributed by atoms with Gasteiger partial charge in [-0.05, 0) is 43.5 Å². The number of rotatable bonds is 5. The maximum absolute atomic E-state index is 12.4. The van der Waals surface area contributed by atoms with E-state index in [1.165, 1.54) is 0 Å². The summed E-state index contributed by atoms with van der Waals surface area (Å²) in [6.45, 7) is 6.36. The predicted molar refractivity (Wildman–Crippen MR) is 86.8 cm³/mol. The van der Waals surface area contributed by atoms with E-state index in [1.807, 2.05) is 39.0 Å². The maximum atomic E-state index is 12.4. The number of amides is 1. The van der Waals surface area contributed by atoms with Crippen molar-refractivity contribution in [2.24, 2.45) is 11.1 Å². The van der Waals surface area contributed by atoms with E-state index in [1.54, 1.807) is 0 Å². The molecule has 0 radical (unpaired) electrons. The molecule has 0 atom stereocenters. The van der Waals surface area contributed by atoms with E-state index in [0.29, 0.717) is 6.54 Å². The number of carbonyl (C=O) groups is 1. The van der Waals surface area contributed by atoms with Gasteiger partial charge in [-0.1, -0.05) is 29.8 Å². The lowest BCUT2D eigenvalue weighted by atomic mass is 9.81. The summed E-state index contributed by atoms with van der Waals surface area (Å²) in [6.07, 6.45) is 1.50. The zero-order valence-electron chi connectivity index (χ0n) is 11.6. The summed E-state index contributed by atoms with van der Waals surface area (Å²) in [7, 11) is 0. The van der Waals surface area contributed by atoms with Crippen molar-refractivity contribution < 1.29 is 4.79 Å². The fourth-order valence-electron chi connectivity index (χ4n) is 1.97. The second-order valence-corrected chi connectivity index (χ2v) is 5.52. The molecule has 0 aliphatic rings. The quantitative estimate of drug-likeness (QED) is 0.847. The Hall–Kier alpha value is -0.580. The molecule has 108 valence electrons. The Balaban J connectivity index is 0.00000324. The lowest BCUT2D eigenvalue weighted by Crippen LogP contribution is -2.41. The second kappa shape index (κ2) is 7.88. The predicted octanol–water partition coefficient (Wildman–Crippen LogP) is 3.88. The van der Waals surface area contributed by atoms with E-state index in [2.05, 4.69) is 21.2 Å². The zero-order chi connectivity index (χ0) is 13.8. The van der Waals surface area contributed by atoms with E-state index >= 15 is 0 Å². The number of nitrogens with two attached hydrogens (primary N) is 1. The first-order chi connectivity index (χ1) is 8.49. The van der Waals surface area contributed by atoms with Crippen LogP contribution in [0.4, 0.5) is 5.69 Å². The van der Waals surface area contributed by atoms with Gasteiger partial charge in [-0.3, -0.25) is 4.79 Å². The minimum Gasteiger partial charge on any atom is -0.329 e. The molecule has 0 aromatic heterocycles. The molecule has 0 saturated carbocycles. The molecule has 0 fully saturated rings. The SMILES string of the molecule is CCC(CC)(CN)C(=O)Nc1ccc(Br)cc1C.Cl. The third-order valence-corrected chi connectivity index (χ3v) is 4.16. The van der Waals surface area contributed by atoms with Gasteiger partial charge in [0.2, 0.25) is 5.91 Å². The highest BCUT2D eigenvalue weighted by Gasteiger charge is 2.33. The Kier molecular flexibility index (Phi) is 7.64. The van der Waals surface area contributed by atoms with E-state index in [4.69, 9.17) is 5.73 Å². The van der Waals surface area contributed by atoms with Crippen molar-refractivity contribution in [1.29, 1.82) is 0 Å². The third kappa shape index (κ3) is 4.20. The minimum atomic E-state index is -0.459. The summed E-state index contributed by atoms with van der Waals surface area (Å²) in [5.41, 5.74) is 7.21. The van der Waals surface area contributed by atoms with E-state index in [-0.39, 0.29) is 18.3 Å². The van der Waals surface area contributed by atoms with Crippen LogP contribution in [0.3, 0.4) is 0 Å². The van der Waals surface area contributed by atoms with Crippen molar-refractivity contribution in [1.82, 2.24) is 0 Å². The van der Waals surface area contributed by atoms with E-state index < -0.39 is 5.41 Å². The lowest BCUT2D eigenvalue weighted by Gasteiger charge is -2.28. The van der Waals surface area contributed by atoms with Crippen LogP contribution in [0.15, 0.2) is 22.7 Å². The first kappa shape index (κ1) is 18.4. The van der Waals surface area contributed by atoms with Crippen molar-refractivity contribution in [2.45, 2.75) is 33.6 Å². The van der Waals surface area contributed by atoms with Crippen LogP contribution in [0, 0.1) is 12.3 Å². The number of hydrogen-bond donors (Lipinski definition) is 2. The Morgan fingerprint density at radius 3 is 2.37 bits per heavy atom. The molecule has 19 heavy (non-hydrogen) atoms. The average molecular weight is 350 g/mol.